The van der Waals surface area contributed by atoms with Gasteiger partial charge in [-0.3, -0.25) is 4.98 Å². The zero-order valence-electron chi connectivity index (χ0n) is 10.3. The SMILES string of the molecule is OC(c1cncc(F)c1)C1OCCc2ccccc21. The Hall–Kier alpha value is -1.78. The van der Waals surface area contributed by atoms with E-state index in [4.69, 9.17) is 4.74 Å². The maximum absolute atomic E-state index is 13.2. The van der Waals surface area contributed by atoms with Gasteiger partial charge in [-0.15, -0.1) is 0 Å². The van der Waals surface area contributed by atoms with Gasteiger partial charge in [-0.25, -0.2) is 4.39 Å². The zero-order chi connectivity index (χ0) is 13.2. The highest BCUT2D eigenvalue weighted by molar-refractivity contribution is 5.33. The number of rotatable bonds is 2. The quantitative estimate of drug-likeness (QED) is 0.901. The second kappa shape index (κ2) is 5.07. The molecule has 2 heterocycles. The van der Waals surface area contributed by atoms with Crippen LogP contribution in [-0.4, -0.2) is 16.7 Å². The Labute approximate surface area is 110 Å². The first-order valence-electron chi connectivity index (χ1n) is 6.23. The van der Waals surface area contributed by atoms with Gasteiger partial charge in [0.25, 0.3) is 0 Å². The summed E-state index contributed by atoms with van der Waals surface area (Å²) in [7, 11) is 0. The van der Waals surface area contributed by atoms with Gasteiger partial charge in [0.05, 0.1) is 12.8 Å². The van der Waals surface area contributed by atoms with Crippen molar-refractivity contribution < 1.29 is 14.2 Å². The van der Waals surface area contributed by atoms with E-state index in [9.17, 15) is 9.50 Å². The van der Waals surface area contributed by atoms with Crippen molar-refractivity contribution in [3.63, 3.8) is 0 Å². The Morgan fingerprint density at radius 3 is 3.00 bits per heavy atom. The van der Waals surface area contributed by atoms with Crippen LogP contribution in [0.1, 0.15) is 28.9 Å². The van der Waals surface area contributed by atoms with Crippen molar-refractivity contribution in [2.45, 2.75) is 18.6 Å². The first-order valence-corrected chi connectivity index (χ1v) is 6.23. The van der Waals surface area contributed by atoms with E-state index in [1.54, 1.807) is 0 Å². The van der Waals surface area contributed by atoms with Crippen LogP contribution in [0.3, 0.4) is 0 Å². The van der Waals surface area contributed by atoms with Crippen LogP contribution in [0.25, 0.3) is 0 Å². The van der Waals surface area contributed by atoms with E-state index >= 15 is 0 Å². The monoisotopic (exact) mass is 259 g/mol. The van der Waals surface area contributed by atoms with Crippen molar-refractivity contribution in [1.29, 1.82) is 0 Å². The van der Waals surface area contributed by atoms with Crippen LogP contribution < -0.4 is 0 Å². The summed E-state index contributed by atoms with van der Waals surface area (Å²) in [5, 5.41) is 10.4. The summed E-state index contributed by atoms with van der Waals surface area (Å²) in [5.74, 6) is -0.458. The molecule has 2 atom stereocenters. The van der Waals surface area contributed by atoms with Crippen LogP contribution in [0.15, 0.2) is 42.7 Å². The van der Waals surface area contributed by atoms with Gasteiger partial charge < -0.3 is 9.84 Å². The Balaban J connectivity index is 1.95. The number of aliphatic hydroxyl groups is 1. The molecular formula is C15H14FNO2. The molecule has 0 bridgehead atoms. The molecule has 3 nitrogen and oxygen atoms in total. The minimum atomic E-state index is -0.912. The average Bonchev–Trinajstić information content (AvgIpc) is 2.46. The summed E-state index contributed by atoms with van der Waals surface area (Å²) in [4.78, 5) is 3.77. The molecule has 1 aromatic heterocycles. The van der Waals surface area contributed by atoms with Crippen LogP contribution in [0.5, 0.6) is 0 Å². The Bertz CT molecular complexity index is 588. The maximum atomic E-state index is 13.2. The van der Waals surface area contributed by atoms with Crippen LogP contribution in [0.2, 0.25) is 0 Å². The van der Waals surface area contributed by atoms with E-state index in [2.05, 4.69) is 4.98 Å². The number of aliphatic hydroxyl groups excluding tert-OH is 1. The molecule has 1 aliphatic heterocycles. The summed E-state index contributed by atoms with van der Waals surface area (Å²) < 4.78 is 18.8. The fourth-order valence-electron chi connectivity index (χ4n) is 2.45. The third kappa shape index (κ3) is 2.37. The van der Waals surface area contributed by atoms with Gasteiger partial charge in [-0.1, -0.05) is 24.3 Å². The third-order valence-electron chi connectivity index (χ3n) is 3.38. The highest BCUT2D eigenvalue weighted by Gasteiger charge is 2.28. The highest BCUT2D eigenvalue weighted by Crippen LogP contribution is 2.36. The minimum Gasteiger partial charge on any atom is -0.385 e. The molecule has 3 rings (SSSR count). The lowest BCUT2D eigenvalue weighted by atomic mass is 9.92. The van der Waals surface area contributed by atoms with Crippen LogP contribution in [0.4, 0.5) is 4.39 Å². The van der Waals surface area contributed by atoms with Gasteiger partial charge in [0, 0.05) is 11.8 Å². The van der Waals surface area contributed by atoms with Crippen molar-refractivity contribution >= 4 is 0 Å². The van der Waals surface area contributed by atoms with E-state index in [1.807, 2.05) is 24.3 Å². The van der Waals surface area contributed by atoms with Gasteiger partial charge in [-0.05, 0) is 23.6 Å². The van der Waals surface area contributed by atoms with E-state index in [1.165, 1.54) is 17.8 Å². The topological polar surface area (TPSA) is 42.4 Å². The molecule has 1 N–H and O–H groups in total. The number of aromatic nitrogens is 1. The fraction of sp³-hybridized carbons (Fsp3) is 0.267. The third-order valence-corrected chi connectivity index (χ3v) is 3.38. The van der Waals surface area contributed by atoms with Crippen molar-refractivity contribution in [1.82, 2.24) is 4.98 Å². The molecule has 0 saturated carbocycles. The second-order valence-electron chi connectivity index (χ2n) is 4.62. The number of halogens is 1. The normalized spacial score (nSPS) is 19.8. The van der Waals surface area contributed by atoms with E-state index in [0.29, 0.717) is 12.2 Å². The van der Waals surface area contributed by atoms with Crippen LogP contribution in [-0.2, 0) is 11.2 Å². The molecule has 0 spiro atoms. The minimum absolute atomic E-state index is 0.432. The smallest absolute Gasteiger partial charge is 0.141 e. The first kappa shape index (κ1) is 12.3. The van der Waals surface area contributed by atoms with E-state index < -0.39 is 18.0 Å². The Morgan fingerprint density at radius 1 is 1.32 bits per heavy atom. The van der Waals surface area contributed by atoms with E-state index in [0.717, 1.165) is 18.2 Å². The number of nitrogens with zero attached hydrogens (tertiary/aromatic N) is 1. The zero-order valence-corrected chi connectivity index (χ0v) is 10.3. The number of fused-ring (bicyclic) bond motifs is 1. The Morgan fingerprint density at radius 2 is 2.16 bits per heavy atom. The summed E-state index contributed by atoms with van der Waals surface area (Å²) >= 11 is 0. The number of benzene rings is 1. The van der Waals surface area contributed by atoms with Gasteiger partial charge >= 0.3 is 0 Å². The second-order valence-corrected chi connectivity index (χ2v) is 4.62. The van der Waals surface area contributed by atoms with Crippen LogP contribution >= 0.6 is 0 Å². The lowest BCUT2D eigenvalue weighted by Gasteiger charge is -2.29. The summed E-state index contributed by atoms with van der Waals surface area (Å²) in [6, 6.07) is 9.14. The number of hydrogen-bond donors (Lipinski definition) is 1. The van der Waals surface area contributed by atoms with Gasteiger partial charge in [0.2, 0.25) is 0 Å². The number of ether oxygens (including phenoxy) is 1. The lowest BCUT2D eigenvalue weighted by molar-refractivity contribution is -0.0485. The molecule has 4 heteroatoms. The number of pyridine rings is 1. The van der Waals surface area contributed by atoms with Crippen molar-refractivity contribution in [2.75, 3.05) is 6.61 Å². The van der Waals surface area contributed by atoms with Crippen LogP contribution in [0, 0.1) is 5.82 Å². The standard InChI is InChI=1S/C15H14FNO2/c16-12-7-11(8-17-9-12)14(18)15-13-4-2-1-3-10(13)5-6-19-15/h1-4,7-9,14-15,18H,5-6H2. The molecule has 0 fully saturated rings. The molecule has 1 aliphatic rings. The van der Waals surface area contributed by atoms with Crippen molar-refractivity contribution in [2.24, 2.45) is 0 Å². The fourth-order valence-corrected chi connectivity index (χ4v) is 2.45. The summed E-state index contributed by atoms with van der Waals surface area (Å²) in [6.07, 6.45) is 2.04. The largest absolute Gasteiger partial charge is 0.385 e. The molecule has 98 valence electrons. The molecule has 2 aromatic rings. The lowest BCUT2D eigenvalue weighted by Crippen LogP contribution is -2.22. The highest BCUT2D eigenvalue weighted by atomic mass is 19.1. The van der Waals surface area contributed by atoms with Crippen molar-refractivity contribution in [3.05, 3.63) is 65.2 Å². The molecule has 0 amide bonds. The Kier molecular flexibility index (Phi) is 3.27. The summed E-state index contributed by atoms with van der Waals surface area (Å²) in [5.41, 5.74) is 2.56. The molecule has 0 radical (unpaired) electrons. The summed E-state index contributed by atoms with van der Waals surface area (Å²) in [6.45, 7) is 0.557. The predicted octanol–water partition coefficient (Wildman–Crippen LogP) is 2.57. The van der Waals surface area contributed by atoms with Gasteiger partial charge in [-0.2, -0.15) is 0 Å². The molecule has 2 unspecified atom stereocenters. The van der Waals surface area contributed by atoms with Gasteiger partial charge in [0.15, 0.2) is 0 Å². The molecule has 1 aromatic carbocycles. The first-order chi connectivity index (χ1) is 9.25. The van der Waals surface area contributed by atoms with Crippen molar-refractivity contribution in [3.8, 4) is 0 Å². The molecular weight excluding hydrogens is 245 g/mol. The average molecular weight is 259 g/mol. The maximum Gasteiger partial charge on any atom is 0.141 e. The number of hydrogen-bond acceptors (Lipinski definition) is 3. The molecule has 0 saturated heterocycles. The molecule has 19 heavy (non-hydrogen) atoms. The molecule has 0 aliphatic carbocycles. The predicted molar refractivity (Wildman–Crippen MR) is 68.0 cm³/mol. The van der Waals surface area contributed by atoms with Gasteiger partial charge in [0.1, 0.15) is 18.0 Å². The van der Waals surface area contributed by atoms with E-state index in [-0.39, 0.29) is 0 Å².